The average Bonchev–Trinajstić information content (AvgIpc) is 2.78. The summed E-state index contributed by atoms with van der Waals surface area (Å²) in [7, 11) is -2.89. The van der Waals surface area contributed by atoms with Gasteiger partial charge in [0.05, 0.1) is 34.0 Å². The molecule has 6 nitrogen and oxygen atoms in total. The first-order valence-electron chi connectivity index (χ1n) is 9.41. The molecule has 0 unspecified atom stereocenters. The van der Waals surface area contributed by atoms with E-state index in [0.717, 1.165) is 16.4 Å². The Morgan fingerprint density at radius 1 is 1.03 bits per heavy atom. The zero-order chi connectivity index (χ0) is 24.2. The smallest absolute Gasteiger partial charge is 0.416 e. The summed E-state index contributed by atoms with van der Waals surface area (Å²) in [5, 5.41) is 2.13. The summed E-state index contributed by atoms with van der Waals surface area (Å²) >= 11 is 5.94. The number of benzene rings is 3. The lowest BCUT2D eigenvalue weighted by Gasteiger charge is -2.25. The number of para-hydroxylation sites is 2. The Bertz CT molecular complexity index is 1250. The van der Waals surface area contributed by atoms with Crippen LogP contribution in [-0.2, 0) is 21.0 Å². The summed E-state index contributed by atoms with van der Waals surface area (Å²) in [4.78, 5) is 12.7. The van der Waals surface area contributed by atoms with Crippen molar-refractivity contribution in [3.8, 4) is 5.75 Å². The Balaban J connectivity index is 1.99. The number of carbonyl (C=O) groups excluding carboxylic acids is 1. The fraction of sp³-hybridized carbons (Fsp3) is 0.136. The Kier molecular flexibility index (Phi) is 7.19. The highest BCUT2D eigenvalue weighted by Gasteiger charge is 2.32. The molecule has 0 aliphatic heterocycles. The van der Waals surface area contributed by atoms with Crippen molar-refractivity contribution in [3.63, 3.8) is 0 Å². The topological polar surface area (TPSA) is 75.7 Å². The molecule has 0 fully saturated rings. The molecule has 0 atom stereocenters. The van der Waals surface area contributed by atoms with Gasteiger partial charge >= 0.3 is 6.18 Å². The SMILES string of the molecule is COc1ccccc1N(CC(=O)Nc1cc(C(F)(F)F)ccc1Cl)S(=O)(=O)c1ccccc1. The van der Waals surface area contributed by atoms with Crippen molar-refractivity contribution in [2.24, 2.45) is 0 Å². The summed E-state index contributed by atoms with van der Waals surface area (Å²) in [6.45, 7) is -0.746. The van der Waals surface area contributed by atoms with E-state index in [0.29, 0.717) is 6.07 Å². The molecule has 0 aliphatic rings. The van der Waals surface area contributed by atoms with E-state index in [2.05, 4.69) is 5.32 Å². The minimum Gasteiger partial charge on any atom is -0.495 e. The molecule has 3 aromatic carbocycles. The third kappa shape index (κ3) is 5.58. The predicted molar refractivity (Wildman–Crippen MR) is 119 cm³/mol. The molecule has 0 spiro atoms. The minimum atomic E-state index is -4.65. The van der Waals surface area contributed by atoms with E-state index in [1.807, 2.05) is 0 Å². The van der Waals surface area contributed by atoms with E-state index in [1.165, 1.54) is 43.5 Å². The molecule has 11 heteroatoms. The van der Waals surface area contributed by atoms with Gasteiger partial charge in [-0.3, -0.25) is 9.10 Å². The van der Waals surface area contributed by atoms with Crippen LogP contribution >= 0.6 is 11.6 Å². The van der Waals surface area contributed by atoms with E-state index in [4.69, 9.17) is 16.3 Å². The zero-order valence-corrected chi connectivity index (χ0v) is 18.7. The van der Waals surface area contributed by atoms with Gasteiger partial charge in [0.25, 0.3) is 10.0 Å². The van der Waals surface area contributed by atoms with E-state index < -0.39 is 34.2 Å². The summed E-state index contributed by atoms with van der Waals surface area (Å²) in [6, 6.07) is 16.0. The molecule has 3 rings (SSSR count). The lowest BCUT2D eigenvalue weighted by Crippen LogP contribution is -2.38. The number of ether oxygens (including phenoxy) is 1. The molecular weight excluding hydrogens is 481 g/mol. The highest BCUT2D eigenvalue weighted by atomic mass is 35.5. The standard InChI is InChI=1S/C22H18ClF3N2O4S/c1-32-20-10-6-5-9-19(20)28(33(30,31)16-7-3-2-4-8-16)14-21(29)27-18-13-15(22(24,25)26)11-12-17(18)23/h2-13H,14H2,1H3,(H,27,29). The van der Waals surface area contributed by atoms with Crippen LogP contribution in [0.1, 0.15) is 5.56 Å². The number of hydrogen-bond donors (Lipinski definition) is 1. The van der Waals surface area contributed by atoms with Gasteiger partial charge in [0.2, 0.25) is 5.91 Å². The summed E-state index contributed by atoms with van der Waals surface area (Å²) in [6.07, 6.45) is -4.65. The highest BCUT2D eigenvalue weighted by Crippen LogP contribution is 2.35. The lowest BCUT2D eigenvalue weighted by atomic mass is 10.2. The molecule has 33 heavy (non-hydrogen) atoms. The molecule has 0 saturated heterocycles. The summed E-state index contributed by atoms with van der Waals surface area (Å²) in [5.41, 5.74) is -1.23. The second-order valence-electron chi connectivity index (χ2n) is 6.74. The van der Waals surface area contributed by atoms with Crippen molar-refractivity contribution in [2.75, 3.05) is 23.3 Å². The molecule has 0 saturated carbocycles. The van der Waals surface area contributed by atoms with Gasteiger partial charge in [-0.25, -0.2) is 8.42 Å². The van der Waals surface area contributed by atoms with E-state index >= 15 is 0 Å². The maximum absolute atomic E-state index is 13.4. The van der Waals surface area contributed by atoms with Gasteiger partial charge in [-0.1, -0.05) is 41.9 Å². The minimum absolute atomic E-state index is 0.0779. The van der Waals surface area contributed by atoms with Crippen molar-refractivity contribution in [1.29, 1.82) is 0 Å². The van der Waals surface area contributed by atoms with Crippen LogP contribution in [0.15, 0.2) is 77.7 Å². The van der Waals surface area contributed by atoms with Crippen LogP contribution in [0.2, 0.25) is 5.02 Å². The van der Waals surface area contributed by atoms with Crippen molar-refractivity contribution in [1.82, 2.24) is 0 Å². The maximum Gasteiger partial charge on any atom is 0.416 e. The molecule has 0 aliphatic carbocycles. The Morgan fingerprint density at radius 3 is 2.30 bits per heavy atom. The molecule has 1 amide bonds. The number of methoxy groups -OCH3 is 1. The van der Waals surface area contributed by atoms with Gasteiger partial charge in [0.15, 0.2) is 0 Å². The third-order valence-electron chi connectivity index (χ3n) is 4.54. The van der Waals surface area contributed by atoms with Crippen molar-refractivity contribution < 1.29 is 31.1 Å². The second kappa shape index (κ2) is 9.72. The van der Waals surface area contributed by atoms with Gasteiger partial charge < -0.3 is 10.1 Å². The van der Waals surface area contributed by atoms with Crippen LogP contribution < -0.4 is 14.4 Å². The normalized spacial score (nSPS) is 11.7. The van der Waals surface area contributed by atoms with Crippen LogP contribution in [0.3, 0.4) is 0 Å². The van der Waals surface area contributed by atoms with Crippen LogP contribution in [0.25, 0.3) is 0 Å². The van der Waals surface area contributed by atoms with E-state index in [-0.39, 0.29) is 27.0 Å². The fourth-order valence-electron chi connectivity index (χ4n) is 2.97. The number of anilines is 2. The summed E-state index contributed by atoms with van der Waals surface area (Å²) < 4.78 is 71.9. The van der Waals surface area contributed by atoms with Crippen molar-refractivity contribution in [2.45, 2.75) is 11.1 Å². The van der Waals surface area contributed by atoms with Gasteiger partial charge in [-0.15, -0.1) is 0 Å². The van der Waals surface area contributed by atoms with Crippen molar-refractivity contribution in [3.05, 3.63) is 83.4 Å². The number of alkyl halides is 3. The number of sulfonamides is 1. The van der Waals surface area contributed by atoms with Gasteiger partial charge in [0, 0.05) is 0 Å². The van der Waals surface area contributed by atoms with Gasteiger partial charge in [0.1, 0.15) is 12.3 Å². The quantitative estimate of drug-likeness (QED) is 0.486. The molecule has 1 N–H and O–H groups in total. The van der Waals surface area contributed by atoms with Crippen LogP contribution in [0.4, 0.5) is 24.5 Å². The number of amides is 1. The average molecular weight is 499 g/mol. The van der Waals surface area contributed by atoms with Crippen LogP contribution in [0.5, 0.6) is 5.75 Å². The van der Waals surface area contributed by atoms with Crippen LogP contribution in [-0.4, -0.2) is 28.0 Å². The molecule has 0 aromatic heterocycles. The molecule has 0 heterocycles. The van der Waals surface area contributed by atoms with Crippen molar-refractivity contribution >= 4 is 38.9 Å². The lowest BCUT2D eigenvalue weighted by molar-refractivity contribution is -0.137. The molecule has 0 radical (unpaired) electrons. The Labute approximate surface area is 193 Å². The van der Waals surface area contributed by atoms with Gasteiger partial charge in [-0.2, -0.15) is 13.2 Å². The predicted octanol–water partition coefficient (Wildman–Crippen LogP) is 5.20. The number of carbonyl (C=O) groups is 1. The monoisotopic (exact) mass is 498 g/mol. The number of hydrogen-bond acceptors (Lipinski definition) is 4. The molecule has 3 aromatic rings. The van der Waals surface area contributed by atoms with E-state index in [9.17, 15) is 26.4 Å². The first-order chi connectivity index (χ1) is 15.5. The fourth-order valence-corrected chi connectivity index (χ4v) is 4.59. The second-order valence-corrected chi connectivity index (χ2v) is 9.01. The number of nitrogens with one attached hydrogen (secondary N) is 1. The molecule has 174 valence electrons. The Hall–Kier alpha value is -3.24. The van der Waals surface area contributed by atoms with E-state index in [1.54, 1.807) is 18.2 Å². The Morgan fingerprint density at radius 2 is 1.67 bits per heavy atom. The third-order valence-corrected chi connectivity index (χ3v) is 6.64. The summed E-state index contributed by atoms with van der Waals surface area (Å²) in [5.74, 6) is -0.719. The van der Waals surface area contributed by atoms with Gasteiger partial charge in [-0.05, 0) is 42.5 Å². The molecular formula is C22H18ClF3N2O4S. The number of rotatable bonds is 7. The first-order valence-corrected chi connectivity index (χ1v) is 11.2. The largest absolute Gasteiger partial charge is 0.495 e. The first kappa shape index (κ1) is 24.4. The molecule has 0 bridgehead atoms. The number of nitrogens with zero attached hydrogens (tertiary/aromatic N) is 1. The number of halogens is 4. The zero-order valence-electron chi connectivity index (χ0n) is 17.1. The maximum atomic E-state index is 13.4. The van der Waals surface area contributed by atoms with Crippen LogP contribution in [0, 0.1) is 0 Å². The highest BCUT2D eigenvalue weighted by molar-refractivity contribution is 7.92.